The summed E-state index contributed by atoms with van der Waals surface area (Å²) in [7, 11) is 3.80. The van der Waals surface area contributed by atoms with Crippen molar-refractivity contribution in [2.24, 2.45) is 0 Å². The molecule has 4 nitrogen and oxygen atoms in total. The molecule has 4 aliphatic carbocycles. The fourth-order valence-electron chi connectivity index (χ4n) is 7.83. The summed E-state index contributed by atoms with van der Waals surface area (Å²) in [5.41, 5.74) is 3.06. The first-order valence-electron chi connectivity index (χ1n) is 13.9. The van der Waals surface area contributed by atoms with Crippen LogP contribution >= 0.6 is 0 Å². The van der Waals surface area contributed by atoms with Crippen molar-refractivity contribution in [1.29, 1.82) is 0 Å². The Balaban J connectivity index is 0.000000182. The summed E-state index contributed by atoms with van der Waals surface area (Å²) in [4.78, 5) is 0. The van der Waals surface area contributed by atoms with Crippen molar-refractivity contribution in [3.63, 3.8) is 0 Å². The molecular weight excluding hydrogens is 432 g/mol. The molecule has 0 bridgehead atoms. The summed E-state index contributed by atoms with van der Waals surface area (Å²) in [6.45, 7) is 0. The van der Waals surface area contributed by atoms with Crippen LogP contribution < -0.4 is 0 Å². The van der Waals surface area contributed by atoms with Gasteiger partial charge in [-0.15, -0.1) is 0 Å². The average Bonchev–Trinajstić information content (AvgIpc) is 3.59. The molecule has 0 heterocycles. The number of hydrogen-bond donors (Lipinski definition) is 0. The minimum absolute atomic E-state index is 0.759. The van der Waals surface area contributed by atoms with Gasteiger partial charge in [0.05, 0.1) is 0 Å². The molecule has 0 unspecified atom stereocenters. The Morgan fingerprint density at radius 2 is 0.531 bits per heavy atom. The highest BCUT2D eigenvalue weighted by atomic mass is 28.4. The van der Waals surface area contributed by atoms with Crippen LogP contribution in [0.15, 0.2) is 0 Å². The van der Waals surface area contributed by atoms with Crippen LogP contribution in [-0.2, 0) is 17.7 Å². The molecular formula is C26H52O4Si2. The maximum atomic E-state index is 6.08. The highest BCUT2D eigenvalue weighted by Crippen LogP contribution is 2.50. The predicted octanol–water partition coefficient (Wildman–Crippen LogP) is 8.00. The molecule has 0 aromatic rings. The van der Waals surface area contributed by atoms with Crippen LogP contribution in [0.2, 0.25) is 22.2 Å². The third-order valence-electron chi connectivity index (χ3n) is 9.47. The first-order valence-corrected chi connectivity index (χ1v) is 17.8. The van der Waals surface area contributed by atoms with Crippen LogP contribution in [-0.4, -0.2) is 45.6 Å². The second kappa shape index (κ2) is 13.4. The summed E-state index contributed by atoms with van der Waals surface area (Å²) in [6.07, 6.45) is 24.7. The Morgan fingerprint density at radius 3 is 0.719 bits per heavy atom. The Bertz CT molecular complexity index is 462. The largest absolute Gasteiger partial charge is 0.397 e. The molecule has 0 radical (unpaired) electrons. The molecule has 4 saturated carbocycles. The van der Waals surface area contributed by atoms with Gasteiger partial charge < -0.3 is 17.7 Å². The summed E-state index contributed by atoms with van der Waals surface area (Å²) >= 11 is 0. The lowest BCUT2D eigenvalue weighted by molar-refractivity contribution is 0.193. The van der Waals surface area contributed by atoms with E-state index in [4.69, 9.17) is 17.7 Å². The van der Waals surface area contributed by atoms with E-state index in [2.05, 4.69) is 0 Å². The molecule has 0 saturated heterocycles. The summed E-state index contributed by atoms with van der Waals surface area (Å²) < 4.78 is 24.1. The number of hydrogen-bond acceptors (Lipinski definition) is 4. The zero-order valence-corrected chi connectivity index (χ0v) is 23.7. The zero-order valence-electron chi connectivity index (χ0n) is 21.7. The lowest BCUT2D eigenvalue weighted by Gasteiger charge is -2.43. The minimum atomic E-state index is -1.94. The highest BCUT2D eigenvalue weighted by Gasteiger charge is 2.52. The molecule has 0 amide bonds. The maximum absolute atomic E-state index is 6.08. The van der Waals surface area contributed by atoms with Crippen molar-refractivity contribution in [2.45, 2.75) is 138 Å². The van der Waals surface area contributed by atoms with Crippen molar-refractivity contribution in [1.82, 2.24) is 0 Å². The van der Waals surface area contributed by atoms with E-state index in [0.29, 0.717) is 0 Å². The Kier molecular flexibility index (Phi) is 11.2. The smallest absolute Gasteiger partial charge is 0.344 e. The SMILES string of the molecule is CO[Si](OC)(C1CCCC1)C1CCCC1.CO[Si](OC)(C1CCCCC1)C1CCCCC1. The van der Waals surface area contributed by atoms with Crippen molar-refractivity contribution < 1.29 is 17.7 Å². The van der Waals surface area contributed by atoms with Crippen LogP contribution in [0.4, 0.5) is 0 Å². The highest BCUT2D eigenvalue weighted by molar-refractivity contribution is 6.71. The van der Waals surface area contributed by atoms with Gasteiger partial charge in [-0.25, -0.2) is 0 Å². The number of rotatable bonds is 8. The Labute approximate surface area is 201 Å². The quantitative estimate of drug-likeness (QED) is 0.327. The lowest BCUT2D eigenvalue weighted by atomic mass is 9.99. The molecule has 4 rings (SSSR count). The molecule has 4 aliphatic rings. The van der Waals surface area contributed by atoms with E-state index in [-0.39, 0.29) is 0 Å². The van der Waals surface area contributed by atoms with Crippen LogP contribution in [0, 0.1) is 0 Å². The van der Waals surface area contributed by atoms with Gasteiger partial charge in [0.2, 0.25) is 0 Å². The van der Waals surface area contributed by atoms with E-state index >= 15 is 0 Å². The standard InChI is InChI=1S/C14H28O2Si.C12H24O2Si/c1-15-17(16-2,13-9-5-3-6-10-13)14-11-7-4-8-12-14;1-13-15(14-2,11-7-3-4-8-11)12-9-5-6-10-12/h13-14H,3-12H2,1-2H3;11-12H,3-10H2,1-2H3. The first-order chi connectivity index (χ1) is 15.7. The van der Waals surface area contributed by atoms with E-state index < -0.39 is 17.1 Å². The summed E-state index contributed by atoms with van der Waals surface area (Å²) in [5.74, 6) is 0. The third-order valence-corrected chi connectivity index (χ3v) is 18.9. The second-order valence-electron chi connectivity index (χ2n) is 10.9. The minimum Gasteiger partial charge on any atom is -0.397 e. The molecule has 0 aromatic carbocycles. The third kappa shape index (κ3) is 5.91. The van der Waals surface area contributed by atoms with Gasteiger partial charge in [0, 0.05) is 50.6 Å². The van der Waals surface area contributed by atoms with E-state index in [1.165, 1.54) is 116 Å². The normalized spacial score (nSPS) is 25.1. The van der Waals surface area contributed by atoms with Crippen molar-refractivity contribution in [3.05, 3.63) is 0 Å². The van der Waals surface area contributed by atoms with Crippen molar-refractivity contribution in [2.75, 3.05) is 28.4 Å². The zero-order chi connectivity index (χ0) is 22.9. The average molecular weight is 485 g/mol. The van der Waals surface area contributed by atoms with Crippen LogP contribution in [0.5, 0.6) is 0 Å². The van der Waals surface area contributed by atoms with E-state index in [1.807, 2.05) is 28.4 Å². The van der Waals surface area contributed by atoms with Gasteiger partial charge in [-0.1, -0.05) is 64.2 Å². The Hall–Kier alpha value is 0.274. The molecule has 0 aliphatic heterocycles. The fourth-order valence-corrected chi connectivity index (χ4v) is 17.0. The van der Waals surface area contributed by atoms with Crippen molar-refractivity contribution >= 4 is 17.1 Å². The topological polar surface area (TPSA) is 36.9 Å². The van der Waals surface area contributed by atoms with Gasteiger partial charge in [0.1, 0.15) is 0 Å². The molecule has 0 spiro atoms. The molecule has 4 fully saturated rings. The van der Waals surface area contributed by atoms with Crippen LogP contribution in [0.1, 0.15) is 116 Å². The first kappa shape index (κ1) is 26.9. The molecule has 6 heteroatoms. The molecule has 0 atom stereocenters. The lowest BCUT2D eigenvalue weighted by Crippen LogP contribution is -2.50. The van der Waals surface area contributed by atoms with Gasteiger partial charge in [-0.2, -0.15) is 0 Å². The second-order valence-corrected chi connectivity index (χ2v) is 18.7. The van der Waals surface area contributed by atoms with Gasteiger partial charge in [0.25, 0.3) is 0 Å². The fraction of sp³-hybridized carbons (Fsp3) is 1.00. The molecule has 32 heavy (non-hydrogen) atoms. The van der Waals surface area contributed by atoms with E-state index in [0.717, 1.165) is 22.2 Å². The van der Waals surface area contributed by atoms with Crippen LogP contribution in [0.25, 0.3) is 0 Å². The van der Waals surface area contributed by atoms with Gasteiger partial charge in [-0.05, 0) is 51.4 Å². The van der Waals surface area contributed by atoms with E-state index in [1.54, 1.807) is 0 Å². The Morgan fingerprint density at radius 1 is 0.344 bits per heavy atom. The summed E-state index contributed by atoms with van der Waals surface area (Å²) in [6, 6.07) is 0. The maximum Gasteiger partial charge on any atom is 0.344 e. The van der Waals surface area contributed by atoms with Crippen molar-refractivity contribution in [3.8, 4) is 0 Å². The summed E-state index contributed by atoms with van der Waals surface area (Å²) in [5, 5.41) is 0. The van der Waals surface area contributed by atoms with E-state index in [9.17, 15) is 0 Å². The monoisotopic (exact) mass is 484 g/mol. The van der Waals surface area contributed by atoms with Gasteiger partial charge in [0.15, 0.2) is 0 Å². The molecule has 0 N–H and O–H groups in total. The predicted molar refractivity (Wildman–Crippen MR) is 138 cm³/mol. The van der Waals surface area contributed by atoms with Gasteiger partial charge in [-0.3, -0.25) is 0 Å². The molecule has 188 valence electrons. The van der Waals surface area contributed by atoms with Gasteiger partial charge >= 0.3 is 17.1 Å². The molecule has 0 aromatic heterocycles. The van der Waals surface area contributed by atoms with Crippen LogP contribution in [0.3, 0.4) is 0 Å².